The normalized spacial score (nSPS) is 12.6. The molecule has 17 heavy (non-hydrogen) atoms. The maximum Gasteiger partial charge on any atom is 0.123 e. The van der Waals surface area contributed by atoms with Crippen LogP contribution in [0.15, 0.2) is 35.7 Å². The molecule has 0 aliphatic carbocycles. The molecule has 0 aliphatic rings. The van der Waals surface area contributed by atoms with Crippen molar-refractivity contribution in [3.05, 3.63) is 57.5 Å². The van der Waals surface area contributed by atoms with Gasteiger partial charge in [-0.3, -0.25) is 0 Å². The molecule has 2 N–H and O–H groups in total. The molecule has 0 amide bonds. The Bertz CT molecular complexity index is 479. The van der Waals surface area contributed by atoms with Gasteiger partial charge in [0.1, 0.15) is 5.82 Å². The Morgan fingerprint density at radius 3 is 2.82 bits per heavy atom. The topological polar surface area (TPSA) is 26.0 Å². The first-order valence-electron chi connectivity index (χ1n) is 5.68. The van der Waals surface area contributed by atoms with Gasteiger partial charge in [-0.25, -0.2) is 4.39 Å². The molecule has 0 saturated heterocycles. The van der Waals surface area contributed by atoms with Gasteiger partial charge in [0.05, 0.1) is 0 Å². The molecule has 2 aromatic rings. The monoisotopic (exact) mass is 249 g/mol. The fraction of sp³-hybridized carbons (Fsp3) is 0.286. The van der Waals surface area contributed by atoms with Crippen LogP contribution in [0.4, 0.5) is 4.39 Å². The molecule has 0 aliphatic heterocycles. The average molecular weight is 249 g/mol. The Hall–Kier alpha value is -1.19. The Balaban J connectivity index is 2.02. The van der Waals surface area contributed by atoms with Crippen LogP contribution in [0.25, 0.3) is 0 Å². The molecule has 1 nitrogen and oxygen atoms in total. The van der Waals surface area contributed by atoms with Crippen molar-refractivity contribution >= 4 is 11.3 Å². The van der Waals surface area contributed by atoms with Crippen molar-refractivity contribution in [3.63, 3.8) is 0 Å². The Morgan fingerprint density at radius 2 is 2.12 bits per heavy atom. The zero-order valence-electron chi connectivity index (χ0n) is 9.82. The van der Waals surface area contributed by atoms with E-state index in [4.69, 9.17) is 5.73 Å². The van der Waals surface area contributed by atoms with Crippen LogP contribution in [0, 0.1) is 12.7 Å². The minimum Gasteiger partial charge on any atom is -0.327 e. The Morgan fingerprint density at radius 1 is 1.29 bits per heavy atom. The number of halogens is 1. The predicted molar refractivity (Wildman–Crippen MR) is 70.8 cm³/mol. The van der Waals surface area contributed by atoms with E-state index in [1.807, 2.05) is 19.1 Å². The number of aryl methyl sites for hydroxylation is 1. The van der Waals surface area contributed by atoms with E-state index in [0.29, 0.717) is 0 Å². The lowest BCUT2D eigenvalue weighted by Crippen LogP contribution is -2.25. The van der Waals surface area contributed by atoms with Gasteiger partial charge in [0, 0.05) is 10.9 Å². The summed E-state index contributed by atoms with van der Waals surface area (Å²) in [7, 11) is 0. The van der Waals surface area contributed by atoms with E-state index >= 15 is 0 Å². The molecule has 2 rings (SSSR count). The van der Waals surface area contributed by atoms with Gasteiger partial charge in [-0.15, -0.1) is 11.3 Å². The van der Waals surface area contributed by atoms with Gasteiger partial charge in [-0.1, -0.05) is 12.1 Å². The van der Waals surface area contributed by atoms with Crippen molar-refractivity contribution in [1.29, 1.82) is 0 Å². The molecular weight excluding hydrogens is 233 g/mol. The molecule has 0 spiro atoms. The number of rotatable bonds is 4. The average Bonchev–Trinajstić information content (AvgIpc) is 2.76. The largest absolute Gasteiger partial charge is 0.327 e. The summed E-state index contributed by atoms with van der Waals surface area (Å²) >= 11 is 1.72. The van der Waals surface area contributed by atoms with Crippen molar-refractivity contribution in [2.45, 2.75) is 25.8 Å². The summed E-state index contributed by atoms with van der Waals surface area (Å²) in [5.41, 5.74) is 8.21. The Labute approximate surface area is 105 Å². The van der Waals surface area contributed by atoms with E-state index in [9.17, 15) is 4.39 Å². The standard InChI is InChI=1S/C14H16FNS/c1-10-4-5-12(15)7-11(10)8-13(16)9-14-3-2-6-17-14/h2-7,13H,8-9,16H2,1H3. The third kappa shape index (κ3) is 3.38. The lowest BCUT2D eigenvalue weighted by molar-refractivity contribution is 0.617. The number of hydrogen-bond donors (Lipinski definition) is 1. The van der Waals surface area contributed by atoms with Crippen molar-refractivity contribution < 1.29 is 4.39 Å². The van der Waals surface area contributed by atoms with Crippen LogP contribution < -0.4 is 5.73 Å². The third-order valence-corrected chi connectivity index (χ3v) is 3.74. The molecule has 0 saturated carbocycles. The predicted octanol–water partition coefficient (Wildman–Crippen LogP) is 3.31. The van der Waals surface area contributed by atoms with Crippen molar-refractivity contribution in [1.82, 2.24) is 0 Å². The quantitative estimate of drug-likeness (QED) is 0.884. The van der Waals surface area contributed by atoms with Crippen LogP contribution >= 0.6 is 11.3 Å². The van der Waals surface area contributed by atoms with Crippen LogP contribution in [0.2, 0.25) is 0 Å². The zero-order valence-corrected chi connectivity index (χ0v) is 10.6. The number of hydrogen-bond acceptors (Lipinski definition) is 2. The van der Waals surface area contributed by atoms with Gasteiger partial charge in [0.15, 0.2) is 0 Å². The summed E-state index contributed by atoms with van der Waals surface area (Å²) < 4.78 is 13.1. The van der Waals surface area contributed by atoms with Gasteiger partial charge >= 0.3 is 0 Å². The van der Waals surface area contributed by atoms with E-state index in [2.05, 4.69) is 11.4 Å². The zero-order chi connectivity index (χ0) is 12.3. The smallest absolute Gasteiger partial charge is 0.123 e. The summed E-state index contributed by atoms with van der Waals surface area (Å²) in [5.74, 6) is -0.186. The highest BCUT2D eigenvalue weighted by Crippen LogP contribution is 2.15. The molecule has 0 fully saturated rings. The van der Waals surface area contributed by atoms with Crippen molar-refractivity contribution in [2.24, 2.45) is 5.73 Å². The third-order valence-electron chi connectivity index (χ3n) is 2.84. The molecule has 1 aromatic carbocycles. The minimum atomic E-state index is -0.186. The van der Waals surface area contributed by atoms with E-state index in [0.717, 1.165) is 24.0 Å². The lowest BCUT2D eigenvalue weighted by Gasteiger charge is -2.12. The van der Waals surface area contributed by atoms with E-state index < -0.39 is 0 Å². The molecule has 1 heterocycles. The highest BCUT2D eigenvalue weighted by Gasteiger charge is 2.08. The molecule has 90 valence electrons. The highest BCUT2D eigenvalue weighted by molar-refractivity contribution is 7.09. The highest BCUT2D eigenvalue weighted by atomic mass is 32.1. The molecule has 0 radical (unpaired) electrons. The number of thiophene rings is 1. The van der Waals surface area contributed by atoms with E-state index in [-0.39, 0.29) is 11.9 Å². The second-order valence-corrected chi connectivity index (χ2v) is 5.35. The Kier molecular flexibility index (Phi) is 3.92. The van der Waals surface area contributed by atoms with Gasteiger partial charge in [-0.05, 0) is 54.5 Å². The molecule has 1 atom stereocenters. The number of nitrogens with two attached hydrogens (primary N) is 1. The summed E-state index contributed by atoms with van der Waals surface area (Å²) in [6, 6.07) is 9.05. The second-order valence-electron chi connectivity index (χ2n) is 4.32. The SMILES string of the molecule is Cc1ccc(F)cc1CC(N)Cc1cccs1. The van der Waals surface area contributed by atoms with Crippen LogP contribution in [-0.2, 0) is 12.8 Å². The van der Waals surface area contributed by atoms with Gasteiger partial charge < -0.3 is 5.73 Å². The van der Waals surface area contributed by atoms with Gasteiger partial charge in [0.25, 0.3) is 0 Å². The molecule has 0 bridgehead atoms. The molecule has 1 aromatic heterocycles. The van der Waals surface area contributed by atoms with Gasteiger partial charge in [-0.2, -0.15) is 0 Å². The first-order chi connectivity index (χ1) is 8.15. The maximum atomic E-state index is 13.1. The summed E-state index contributed by atoms with van der Waals surface area (Å²) in [5, 5.41) is 2.05. The maximum absolute atomic E-state index is 13.1. The van der Waals surface area contributed by atoms with Crippen molar-refractivity contribution in [3.8, 4) is 0 Å². The van der Waals surface area contributed by atoms with E-state index in [1.165, 1.54) is 10.9 Å². The second kappa shape index (κ2) is 5.43. The summed E-state index contributed by atoms with van der Waals surface area (Å²) in [6.07, 6.45) is 1.58. The minimum absolute atomic E-state index is 0.0501. The first kappa shape index (κ1) is 12.3. The van der Waals surface area contributed by atoms with Crippen LogP contribution in [-0.4, -0.2) is 6.04 Å². The lowest BCUT2D eigenvalue weighted by atomic mass is 9.99. The van der Waals surface area contributed by atoms with Crippen LogP contribution in [0.5, 0.6) is 0 Å². The fourth-order valence-electron chi connectivity index (χ4n) is 1.90. The van der Waals surface area contributed by atoms with Crippen molar-refractivity contribution in [2.75, 3.05) is 0 Å². The van der Waals surface area contributed by atoms with Crippen LogP contribution in [0.3, 0.4) is 0 Å². The fourth-order valence-corrected chi connectivity index (χ4v) is 2.70. The summed E-state index contributed by atoms with van der Waals surface area (Å²) in [4.78, 5) is 1.28. The van der Waals surface area contributed by atoms with Gasteiger partial charge in [0.2, 0.25) is 0 Å². The molecule has 1 unspecified atom stereocenters. The molecular formula is C14H16FNS. The van der Waals surface area contributed by atoms with Crippen LogP contribution in [0.1, 0.15) is 16.0 Å². The first-order valence-corrected chi connectivity index (χ1v) is 6.56. The number of benzene rings is 1. The molecule has 3 heteroatoms. The summed E-state index contributed by atoms with van der Waals surface area (Å²) in [6.45, 7) is 1.99. The van der Waals surface area contributed by atoms with E-state index in [1.54, 1.807) is 17.4 Å².